The second-order valence-electron chi connectivity index (χ2n) is 3.91. The van der Waals surface area contributed by atoms with Crippen molar-refractivity contribution in [1.82, 2.24) is 4.98 Å². The van der Waals surface area contributed by atoms with Crippen molar-refractivity contribution in [2.24, 2.45) is 0 Å². The van der Waals surface area contributed by atoms with E-state index in [0.29, 0.717) is 0 Å². The highest BCUT2D eigenvalue weighted by molar-refractivity contribution is 7.17. The number of thiophene rings is 1. The van der Waals surface area contributed by atoms with E-state index in [1.165, 1.54) is 15.8 Å². The van der Waals surface area contributed by atoms with Gasteiger partial charge in [0.15, 0.2) is 0 Å². The summed E-state index contributed by atoms with van der Waals surface area (Å²) in [4.78, 5) is 6.20. The van der Waals surface area contributed by atoms with Crippen molar-refractivity contribution < 1.29 is 0 Å². The molecule has 0 amide bonds. The Balaban J connectivity index is 2.03. The SMILES string of the molecule is CN(c1ccncc1)c1ccc2sccc2c1. The van der Waals surface area contributed by atoms with Crippen molar-refractivity contribution in [2.45, 2.75) is 0 Å². The van der Waals surface area contributed by atoms with Crippen LogP contribution in [-0.4, -0.2) is 12.0 Å². The van der Waals surface area contributed by atoms with Gasteiger partial charge in [-0.05, 0) is 47.2 Å². The molecule has 0 saturated heterocycles. The Morgan fingerprint density at radius 2 is 1.82 bits per heavy atom. The van der Waals surface area contributed by atoms with Crippen molar-refractivity contribution >= 4 is 32.8 Å². The lowest BCUT2D eigenvalue weighted by atomic mass is 10.2. The van der Waals surface area contributed by atoms with Crippen molar-refractivity contribution in [1.29, 1.82) is 0 Å². The molecule has 1 aromatic carbocycles. The summed E-state index contributed by atoms with van der Waals surface area (Å²) in [6.07, 6.45) is 3.63. The maximum absolute atomic E-state index is 4.04. The van der Waals surface area contributed by atoms with Gasteiger partial charge in [0.25, 0.3) is 0 Å². The Kier molecular flexibility index (Phi) is 2.53. The van der Waals surface area contributed by atoms with Gasteiger partial charge in [-0.1, -0.05) is 0 Å². The zero-order chi connectivity index (χ0) is 11.7. The number of anilines is 2. The Labute approximate surface area is 104 Å². The zero-order valence-electron chi connectivity index (χ0n) is 9.50. The fraction of sp³-hybridized carbons (Fsp3) is 0.0714. The first-order chi connectivity index (χ1) is 8.34. The van der Waals surface area contributed by atoms with Crippen LogP contribution in [0.4, 0.5) is 11.4 Å². The molecule has 84 valence electrons. The van der Waals surface area contributed by atoms with Crippen LogP contribution < -0.4 is 4.90 Å². The lowest BCUT2D eigenvalue weighted by Gasteiger charge is -2.19. The van der Waals surface area contributed by atoms with Crippen LogP contribution in [0.15, 0.2) is 54.2 Å². The lowest BCUT2D eigenvalue weighted by molar-refractivity contribution is 1.19. The molecule has 0 fully saturated rings. The summed E-state index contributed by atoms with van der Waals surface area (Å²) in [6.45, 7) is 0. The highest BCUT2D eigenvalue weighted by Gasteiger charge is 2.04. The van der Waals surface area contributed by atoms with Crippen LogP contribution in [0, 0.1) is 0 Å². The van der Waals surface area contributed by atoms with Gasteiger partial charge in [0.1, 0.15) is 0 Å². The molecule has 0 aliphatic rings. The third kappa shape index (κ3) is 1.89. The average molecular weight is 240 g/mol. The monoisotopic (exact) mass is 240 g/mol. The summed E-state index contributed by atoms with van der Waals surface area (Å²) in [7, 11) is 2.07. The summed E-state index contributed by atoms with van der Waals surface area (Å²) in [5, 5.41) is 3.43. The second kappa shape index (κ2) is 4.18. The maximum atomic E-state index is 4.04. The van der Waals surface area contributed by atoms with Gasteiger partial charge in [-0.25, -0.2) is 0 Å². The van der Waals surface area contributed by atoms with Gasteiger partial charge in [-0.2, -0.15) is 0 Å². The quantitative estimate of drug-likeness (QED) is 0.671. The zero-order valence-corrected chi connectivity index (χ0v) is 10.3. The van der Waals surface area contributed by atoms with E-state index in [2.05, 4.69) is 46.6 Å². The number of aromatic nitrogens is 1. The molecule has 0 saturated carbocycles. The predicted molar refractivity (Wildman–Crippen MR) is 74.1 cm³/mol. The Morgan fingerprint density at radius 3 is 2.65 bits per heavy atom. The van der Waals surface area contributed by atoms with Gasteiger partial charge in [-0.3, -0.25) is 4.98 Å². The van der Waals surface area contributed by atoms with Crippen LogP contribution in [-0.2, 0) is 0 Å². The van der Waals surface area contributed by atoms with Crippen LogP contribution in [0.1, 0.15) is 0 Å². The van der Waals surface area contributed by atoms with Crippen LogP contribution in [0.25, 0.3) is 10.1 Å². The standard InChI is InChI=1S/C14H12N2S/c1-16(12-4-7-15-8-5-12)13-2-3-14-11(10-13)6-9-17-14/h2-10H,1H3. The van der Waals surface area contributed by atoms with E-state index in [-0.39, 0.29) is 0 Å². The van der Waals surface area contributed by atoms with E-state index in [1.807, 2.05) is 24.5 Å². The number of rotatable bonds is 2. The smallest absolute Gasteiger partial charge is 0.0438 e. The maximum Gasteiger partial charge on any atom is 0.0438 e. The van der Waals surface area contributed by atoms with Gasteiger partial charge < -0.3 is 4.90 Å². The average Bonchev–Trinajstić information content (AvgIpc) is 2.86. The predicted octanol–water partition coefficient (Wildman–Crippen LogP) is 4.06. The molecule has 2 nitrogen and oxygen atoms in total. The van der Waals surface area contributed by atoms with E-state index >= 15 is 0 Å². The molecule has 0 atom stereocenters. The Morgan fingerprint density at radius 1 is 1.00 bits per heavy atom. The van der Waals surface area contributed by atoms with Crippen molar-refractivity contribution in [3.63, 3.8) is 0 Å². The molecule has 3 rings (SSSR count). The van der Waals surface area contributed by atoms with Gasteiger partial charge >= 0.3 is 0 Å². The van der Waals surface area contributed by atoms with E-state index in [9.17, 15) is 0 Å². The number of nitrogens with zero attached hydrogens (tertiary/aromatic N) is 2. The molecular formula is C14H12N2S. The number of hydrogen-bond donors (Lipinski definition) is 0. The van der Waals surface area contributed by atoms with Crippen LogP contribution >= 0.6 is 11.3 Å². The molecule has 3 aromatic rings. The minimum Gasteiger partial charge on any atom is -0.345 e. The largest absolute Gasteiger partial charge is 0.345 e. The Hall–Kier alpha value is -1.87. The van der Waals surface area contributed by atoms with Gasteiger partial charge in [-0.15, -0.1) is 11.3 Å². The van der Waals surface area contributed by atoms with Gasteiger partial charge in [0.05, 0.1) is 0 Å². The lowest BCUT2D eigenvalue weighted by Crippen LogP contribution is -2.08. The van der Waals surface area contributed by atoms with E-state index in [4.69, 9.17) is 0 Å². The number of pyridine rings is 1. The highest BCUT2D eigenvalue weighted by atomic mass is 32.1. The summed E-state index contributed by atoms with van der Waals surface area (Å²) < 4.78 is 1.33. The van der Waals surface area contributed by atoms with Crippen LogP contribution in [0.3, 0.4) is 0 Å². The molecule has 0 unspecified atom stereocenters. The highest BCUT2D eigenvalue weighted by Crippen LogP contribution is 2.28. The molecule has 17 heavy (non-hydrogen) atoms. The second-order valence-corrected chi connectivity index (χ2v) is 4.85. The normalized spacial score (nSPS) is 10.6. The van der Waals surface area contributed by atoms with Gasteiger partial charge in [0, 0.05) is 35.5 Å². The number of fused-ring (bicyclic) bond motifs is 1. The van der Waals surface area contributed by atoms with Crippen molar-refractivity contribution in [3.8, 4) is 0 Å². The summed E-state index contributed by atoms with van der Waals surface area (Å²) in [5.41, 5.74) is 2.34. The van der Waals surface area contributed by atoms with E-state index in [1.54, 1.807) is 11.3 Å². The van der Waals surface area contributed by atoms with Crippen LogP contribution in [0.5, 0.6) is 0 Å². The number of benzene rings is 1. The topological polar surface area (TPSA) is 16.1 Å². The minimum atomic E-state index is 1.15. The fourth-order valence-corrected chi connectivity index (χ4v) is 2.65. The minimum absolute atomic E-state index is 1.15. The first kappa shape index (κ1) is 10.3. The molecule has 0 spiro atoms. The van der Waals surface area contributed by atoms with E-state index in [0.717, 1.165) is 5.69 Å². The molecule has 2 heterocycles. The van der Waals surface area contributed by atoms with Crippen LogP contribution in [0.2, 0.25) is 0 Å². The first-order valence-electron chi connectivity index (χ1n) is 5.45. The third-order valence-corrected chi connectivity index (χ3v) is 3.77. The molecule has 0 N–H and O–H groups in total. The fourth-order valence-electron chi connectivity index (χ4n) is 1.88. The Bertz CT molecular complexity index is 631. The molecule has 2 aromatic heterocycles. The molecule has 0 bridgehead atoms. The molecular weight excluding hydrogens is 228 g/mol. The molecule has 0 radical (unpaired) electrons. The molecule has 0 aliphatic heterocycles. The first-order valence-corrected chi connectivity index (χ1v) is 6.33. The summed E-state index contributed by atoms with van der Waals surface area (Å²) in [6, 6.07) is 12.7. The summed E-state index contributed by atoms with van der Waals surface area (Å²) in [5.74, 6) is 0. The molecule has 0 aliphatic carbocycles. The van der Waals surface area contributed by atoms with Crippen molar-refractivity contribution in [3.05, 3.63) is 54.2 Å². The summed E-state index contributed by atoms with van der Waals surface area (Å²) >= 11 is 1.78. The van der Waals surface area contributed by atoms with Gasteiger partial charge in [0.2, 0.25) is 0 Å². The number of hydrogen-bond acceptors (Lipinski definition) is 3. The molecule has 3 heteroatoms. The van der Waals surface area contributed by atoms with E-state index < -0.39 is 0 Å². The van der Waals surface area contributed by atoms with Crippen molar-refractivity contribution in [2.75, 3.05) is 11.9 Å². The third-order valence-electron chi connectivity index (χ3n) is 2.87.